The predicted octanol–water partition coefficient (Wildman–Crippen LogP) is 4.24. The zero-order chi connectivity index (χ0) is 19.4. The van der Waals surface area contributed by atoms with Crippen LogP contribution in [0.2, 0.25) is 0 Å². The van der Waals surface area contributed by atoms with Gasteiger partial charge in [-0.05, 0) is 36.6 Å². The molecule has 0 aliphatic carbocycles. The maximum absolute atomic E-state index is 14.1. The second kappa shape index (κ2) is 8.57. The summed E-state index contributed by atoms with van der Waals surface area (Å²) in [5.74, 6) is 0.230. The first kappa shape index (κ1) is 19.4. The van der Waals surface area contributed by atoms with Gasteiger partial charge in [0.1, 0.15) is 5.82 Å². The molecule has 0 spiro atoms. The Kier molecular flexibility index (Phi) is 6.16. The predicted molar refractivity (Wildman–Crippen MR) is 107 cm³/mol. The van der Waals surface area contributed by atoms with Crippen LogP contribution in [-0.4, -0.2) is 24.1 Å². The first-order valence-corrected chi connectivity index (χ1v) is 10.0. The number of amides is 2. The maximum Gasteiger partial charge on any atom is 0.251 e. The van der Waals surface area contributed by atoms with Crippen LogP contribution in [0, 0.1) is 11.7 Å². The molecule has 1 aliphatic heterocycles. The van der Waals surface area contributed by atoms with Gasteiger partial charge in [0.2, 0.25) is 5.91 Å². The minimum atomic E-state index is -0.340. The summed E-state index contributed by atoms with van der Waals surface area (Å²) in [5, 5.41) is 2.91. The van der Waals surface area contributed by atoms with E-state index >= 15 is 0 Å². The van der Waals surface area contributed by atoms with Gasteiger partial charge in [-0.25, -0.2) is 4.39 Å². The SMILES string of the molecule is CC(C)CCNC(=O)c1ccc2c(c1)N(Cc1ccccc1F)C(=O)CS2. The molecule has 0 aromatic heterocycles. The van der Waals surface area contributed by atoms with E-state index in [-0.39, 0.29) is 24.2 Å². The Bertz CT molecular complexity index is 854. The molecule has 142 valence electrons. The molecule has 0 fully saturated rings. The lowest BCUT2D eigenvalue weighted by atomic mass is 10.1. The fourth-order valence-corrected chi connectivity index (χ4v) is 3.81. The Labute approximate surface area is 163 Å². The smallest absolute Gasteiger partial charge is 0.251 e. The van der Waals surface area contributed by atoms with Crippen LogP contribution in [0.3, 0.4) is 0 Å². The first-order valence-electron chi connectivity index (χ1n) is 9.04. The van der Waals surface area contributed by atoms with Crippen molar-refractivity contribution >= 4 is 29.3 Å². The van der Waals surface area contributed by atoms with Crippen LogP contribution >= 0.6 is 11.8 Å². The Hall–Kier alpha value is -2.34. The lowest BCUT2D eigenvalue weighted by Crippen LogP contribution is -2.35. The van der Waals surface area contributed by atoms with Gasteiger partial charge < -0.3 is 10.2 Å². The van der Waals surface area contributed by atoms with Gasteiger partial charge in [0.25, 0.3) is 5.91 Å². The highest BCUT2D eigenvalue weighted by Gasteiger charge is 2.26. The number of rotatable bonds is 6. The normalized spacial score (nSPS) is 13.6. The molecule has 2 aromatic carbocycles. The number of halogens is 1. The van der Waals surface area contributed by atoms with Crippen LogP contribution in [0.1, 0.15) is 36.2 Å². The monoisotopic (exact) mass is 386 g/mol. The number of benzene rings is 2. The van der Waals surface area contributed by atoms with E-state index in [0.717, 1.165) is 11.3 Å². The zero-order valence-electron chi connectivity index (χ0n) is 15.5. The number of carbonyl (C=O) groups is 2. The molecule has 0 radical (unpaired) electrons. The van der Waals surface area contributed by atoms with Crippen LogP contribution in [-0.2, 0) is 11.3 Å². The number of nitrogens with zero attached hydrogens (tertiary/aromatic N) is 1. The molecule has 0 saturated heterocycles. The molecule has 6 heteroatoms. The number of nitrogens with one attached hydrogen (secondary N) is 1. The number of thioether (sulfide) groups is 1. The van der Waals surface area contributed by atoms with Crippen LogP contribution in [0.4, 0.5) is 10.1 Å². The summed E-state index contributed by atoms with van der Waals surface area (Å²) in [6.07, 6.45) is 0.907. The van der Waals surface area contributed by atoms with Gasteiger partial charge in [-0.15, -0.1) is 11.8 Å². The molecule has 1 N–H and O–H groups in total. The molecule has 3 rings (SSSR count). The molecule has 0 saturated carbocycles. The van der Waals surface area contributed by atoms with Gasteiger partial charge in [-0.2, -0.15) is 0 Å². The average Bonchev–Trinajstić information content (AvgIpc) is 2.65. The van der Waals surface area contributed by atoms with Crippen LogP contribution < -0.4 is 10.2 Å². The third kappa shape index (κ3) is 4.69. The highest BCUT2D eigenvalue weighted by Crippen LogP contribution is 2.37. The zero-order valence-corrected chi connectivity index (χ0v) is 16.3. The van der Waals surface area contributed by atoms with E-state index in [1.807, 2.05) is 6.07 Å². The van der Waals surface area contributed by atoms with Gasteiger partial charge in [0.15, 0.2) is 0 Å². The van der Waals surface area contributed by atoms with Crippen molar-refractivity contribution in [3.8, 4) is 0 Å². The van der Waals surface area contributed by atoms with Gasteiger partial charge >= 0.3 is 0 Å². The summed E-state index contributed by atoms with van der Waals surface area (Å²) in [4.78, 5) is 27.4. The molecular formula is C21H23FN2O2S. The van der Waals surface area contributed by atoms with Gasteiger partial charge in [0.05, 0.1) is 18.0 Å². The van der Waals surface area contributed by atoms with E-state index in [1.165, 1.54) is 17.8 Å². The molecule has 1 aliphatic rings. The van der Waals surface area contributed by atoms with Crippen LogP contribution in [0.5, 0.6) is 0 Å². The number of fused-ring (bicyclic) bond motifs is 1. The summed E-state index contributed by atoms with van der Waals surface area (Å²) >= 11 is 1.44. The molecule has 0 atom stereocenters. The number of hydrogen-bond donors (Lipinski definition) is 1. The Morgan fingerprint density at radius 3 is 2.78 bits per heavy atom. The van der Waals surface area contributed by atoms with E-state index in [4.69, 9.17) is 0 Å². The second-order valence-electron chi connectivity index (χ2n) is 6.98. The van der Waals surface area contributed by atoms with Crippen molar-refractivity contribution in [2.24, 2.45) is 5.92 Å². The number of carbonyl (C=O) groups excluding carboxylic acids is 2. The van der Waals surface area contributed by atoms with Crippen molar-refractivity contribution in [3.63, 3.8) is 0 Å². The summed E-state index contributed by atoms with van der Waals surface area (Å²) in [6.45, 7) is 4.97. The van der Waals surface area contributed by atoms with E-state index in [9.17, 15) is 14.0 Å². The summed E-state index contributed by atoms with van der Waals surface area (Å²) < 4.78 is 14.1. The second-order valence-corrected chi connectivity index (χ2v) is 8.00. The van der Waals surface area contributed by atoms with Crippen molar-refractivity contribution in [2.75, 3.05) is 17.2 Å². The Balaban J connectivity index is 1.83. The topological polar surface area (TPSA) is 49.4 Å². The summed E-state index contributed by atoms with van der Waals surface area (Å²) in [6, 6.07) is 11.8. The number of anilines is 1. The van der Waals surface area contributed by atoms with Crippen LogP contribution in [0.15, 0.2) is 47.4 Å². The van der Waals surface area contributed by atoms with Crippen molar-refractivity contribution in [3.05, 3.63) is 59.4 Å². The molecule has 1 heterocycles. The van der Waals surface area contributed by atoms with Gasteiger partial charge in [-0.3, -0.25) is 9.59 Å². The summed E-state index contributed by atoms with van der Waals surface area (Å²) in [7, 11) is 0. The quantitative estimate of drug-likeness (QED) is 0.808. The first-order chi connectivity index (χ1) is 13.0. The molecule has 2 amide bonds. The van der Waals surface area contributed by atoms with E-state index in [1.54, 1.807) is 35.2 Å². The van der Waals surface area contributed by atoms with Crippen LogP contribution in [0.25, 0.3) is 0 Å². The molecule has 0 bridgehead atoms. The van der Waals surface area contributed by atoms with E-state index in [2.05, 4.69) is 19.2 Å². The summed E-state index contributed by atoms with van der Waals surface area (Å²) in [5.41, 5.74) is 1.62. The average molecular weight is 386 g/mol. The van der Waals surface area contributed by atoms with Crippen molar-refractivity contribution in [1.29, 1.82) is 0 Å². The molecule has 4 nitrogen and oxygen atoms in total. The molecule has 2 aromatic rings. The Morgan fingerprint density at radius 1 is 1.26 bits per heavy atom. The lowest BCUT2D eigenvalue weighted by Gasteiger charge is -2.29. The molecule has 0 unspecified atom stereocenters. The van der Waals surface area contributed by atoms with E-state index < -0.39 is 0 Å². The largest absolute Gasteiger partial charge is 0.352 e. The molecular weight excluding hydrogens is 363 g/mol. The fraction of sp³-hybridized carbons (Fsp3) is 0.333. The van der Waals surface area contributed by atoms with E-state index in [0.29, 0.717) is 35.0 Å². The standard InChI is InChI=1S/C21H23FN2O2S/c1-14(2)9-10-23-21(26)15-7-8-19-18(11-15)24(20(25)13-27-19)12-16-5-3-4-6-17(16)22/h3-8,11,14H,9-10,12-13H2,1-2H3,(H,23,26). The number of hydrogen-bond acceptors (Lipinski definition) is 3. The Morgan fingerprint density at radius 2 is 2.04 bits per heavy atom. The van der Waals surface area contributed by atoms with Crippen molar-refractivity contribution in [2.45, 2.75) is 31.7 Å². The minimum absolute atomic E-state index is 0.0897. The highest BCUT2D eigenvalue weighted by molar-refractivity contribution is 8.00. The fourth-order valence-electron chi connectivity index (χ4n) is 2.89. The highest BCUT2D eigenvalue weighted by atomic mass is 32.2. The third-order valence-corrected chi connectivity index (χ3v) is 5.51. The van der Waals surface area contributed by atoms with Gasteiger partial charge in [0, 0.05) is 22.6 Å². The van der Waals surface area contributed by atoms with Gasteiger partial charge in [-0.1, -0.05) is 32.0 Å². The molecule has 27 heavy (non-hydrogen) atoms. The minimum Gasteiger partial charge on any atom is -0.352 e. The van der Waals surface area contributed by atoms with Crippen molar-refractivity contribution < 1.29 is 14.0 Å². The van der Waals surface area contributed by atoms with Crippen molar-refractivity contribution in [1.82, 2.24) is 5.32 Å². The maximum atomic E-state index is 14.1. The third-order valence-electron chi connectivity index (χ3n) is 4.46. The lowest BCUT2D eigenvalue weighted by molar-refractivity contribution is -0.116.